The summed E-state index contributed by atoms with van der Waals surface area (Å²) in [5.41, 5.74) is 0.189. The van der Waals surface area contributed by atoms with Gasteiger partial charge in [-0.3, -0.25) is 9.59 Å². The minimum Gasteiger partial charge on any atom is -0.377 e. The summed E-state index contributed by atoms with van der Waals surface area (Å²) in [6, 6.07) is 7.09. The van der Waals surface area contributed by atoms with Crippen LogP contribution >= 0.6 is 0 Å². The first-order valence-electron chi connectivity index (χ1n) is 8.95. The third-order valence-corrected chi connectivity index (χ3v) is 4.59. The Balaban J connectivity index is 2.04. The molecule has 134 valence electrons. The molecule has 1 amide bonds. The molecule has 0 bridgehead atoms. The smallest absolute Gasteiger partial charge is 0.275 e. The molecule has 1 saturated heterocycles. The fourth-order valence-electron chi connectivity index (χ4n) is 3.36. The maximum Gasteiger partial charge on any atom is 0.275 e. The molecule has 0 unspecified atom stereocenters. The lowest BCUT2D eigenvalue weighted by molar-refractivity contribution is 0.00702. The van der Waals surface area contributed by atoms with Gasteiger partial charge in [0.2, 0.25) is 0 Å². The number of hydrogen-bond acceptors (Lipinski definition) is 4. The molecule has 0 radical (unpaired) electrons. The summed E-state index contributed by atoms with van der Waals surface area (Å²) in [5, 5.41) is 5.57. The molecular formula is C19H25N3O3. The first-order chi connectivity index (χ1) is 12.0. The van der Waals surface area contributed by atoms with E-state index >= 15 is 0 Å². The van der Waals surface area contributed by atoms with Gasteiger partial charge in [-0.2, -0.15) is 5.10 Å². The normalized spacial score (nSPS) is 18.1. The van der Waals surface area contributed by atoms with Crippen molar-refractivity contribution in [3.8, 4) is 0 Å². The van der Waals surface area contributed by atoms with E-state index in [2.05, 4.69) is 5.10 Å². The van der Waals surface area contributed by atoms with Gasteiger partial charge >= 0.3 is 0 Å². The highest BCUT2D eigenvalue weighted by Gasteiger charge is 2.27. The number of fused-ring (bicyclic) bond motifs is 1. The second-order valence-electron chi connectivity index (χ2n) is 6.71. The maximum absolute atomic E-state index is 13.1. The topological polar surface area (TPSA) is 64.4 Å². The van der Waals surface area contributed by atoms with E-state index in [0.717, 1.165) is 12.8 Å². The number of benzene rings is 1. The van der Waals surface area contributed by atoms with Crippen molar-refractivity contribution in [1.82, 2.24) is 14.7 Å². The molecule has 6 nitrogen and oxygen atoms in total. The largest absolute Gasteiger partial charge is 0.377 e. The summed E-state index contributed by atoms with van der Waals surface area (Å²) in [5.74, 6) is -0.130. The zero-order valence-corrected chi connectivity index (χ0v) is 15.1. The molecule has 1 aromatic heterocycles. The number of hydrogen-bond donors (Lipinski definition) is 0. The minimum absolute atomic E-state index is 0.0740. The van der Waals surface area contributed by atoms with Crippen LogP contribution in [0.15, 0.2) is 29.1 Å². The fourth-order valence-corrected chi connectivity index (χ4v) is 3.36. The first-order valence-corrected chi connectivity index (χ1v) is 8.95. The Bertz CT molecular complexity index is 826. The highest BCUT2D eigenvalue weighted by molar-refractivity contribution is 6.04. The van der Waals surface area contributed by atoms with Crippen LogP contribution in [0, 0.1) is 0 Å². The summed E-state index contributed by atoms with van der Waals surface area (Å²) in [7, 11) is 0. The van der Waals surface area contributed by atoms with E-state index in [4.69, 9.17) is 4.74 Å². The Hall–Kier alpha value is -2.21. The third kappa shape index (κ3) is 3.44. The zero-order chi connectivity index (χ0) is 18.0. The molecule has 2 aromatic rings. The second kappa shape index (κ2) is 7.35. The number of ether oxygens (including phenoxy) is 1. The van der Waals surface area contributed by atoms with E-state index in [9.17, 15) is 9.59 Å². The van der Waals surface area contributed by atoms with Crippen LogP contribution in [0.1, 0.15) is 50.1 Å². The van der Waals surface area contributed by atoms with E-state index in [0.29, 0.717) is 36.2 Å². The van der Waals surface area contributed by atoms with Crippen LogP contribution < -0.4 is 5.56 Å². The van der Waals surface area contributed by atoms with Crippen molar-refractivity contribution < 1.29 is 9.53 Å². The van der Waals surface area contributed by atoms with E-state index in [-0.39, 0.29) is 23.6 Å². The summed E-state index contributed by atoms with van der Waals surface area (Å²) in [6.45, 7) is 7.66. The van der Waals surface area contributed by atoms with Crippen molar-refractivity contribution in [2.75, 3.05) is 19.7 Å². The number of likely N-dealkylation sites (tertiary alicyclic amines) is 1. The maximum atomic E-state index is 13.1. The zero-order valence-electron chi connectivity index (χ0n) is 15.1. The molecule has 2 heterocycles. The van der Waals surface area contributed by atoms with Crippen LogP contribution in [0.2, 0.25) is 0 Å². The Morgan fingerprint density at radius 3 is 2.72 bits per heavy atom. The Labute approximate surface area is 147 Å². The van der Waals surface area contributed by atoms with Gasteiger partial charge in [0.1, 0.15) is 0 Å². The van der Waals surface area contributed by atoms with Crippen molar-refractivity contribution in [2.45, 2.75) is 45.8 Å². The van der Waals surface area contributed by atoms with Crippen LogP contribution in [-0.2, 0) is 4.74 Å². The second-order valence-corrected chi connectivity index (χ2v) is 6.71. The molecule has 3 rings (SSSR count). The van der Waals surface area contributed by atoms with Gasteiger partial charge in [0.05, 0.1) is 17.5 Å². The molecule has 6 heteroatoms. The van der Waals surface area contributed by atoms with Crippen LogP contribution in [0.25, 0.3) is 10.8 Å². The predicted octanol–water partition coefficient (Wildman–Crippen LogP) is 2.62. The number of carbonyl (C=O) groups is 1. The Morgan fingerprint density at radius 1 is 1.32 bits per heavy atom. The van der Waals surface area contributed by atoms with E-state index < -0.39 is 0 Å². The average molecular weight is 343 g/mol. The molecule has 0 spiro atoms. The molecular weight excluding hydrogens is 318 g/mol. The lowest BCUT2D eigenvalue weighted by Crippen LogP contribution is -2.44. The molecule has 25 heavy (non-hydrogen) atoms. The number of aromatic nitrogens is 2. The van der Waals surface area contributed by atoms with Gasteiger partial charge < -0.3 is 9.64 Å². The van der Waals surface area contributed by atoms with Crippen LogP contribution in [0.3, 0.4) is 0 Å². The number of nitrogens with zero attached hydrogens (tertiary/aromatic N) is 3. The van der Waals surface area contributed by atoms with Crippen molar-refractivity contribution >= 4 is 16.7 Å². The van der Waals surface area contributed by atoms with Crippen molar-refractivity contribution in [3.63, 3.8) is 0 Å². The van der Waals surface area contributed by atoms with Crippen LogP contribution in [-0.4, -0.2) is 46.4 Å². The van der Waals surface area contributed by atoms with Crippen LogP contribution in [0.4, 0.5) is 0 Å². The van der Waals surface area contributed by atoms with Gasteiger partial charge in [-0.1, -0.05) is 18.2 Å². The Kier molecular flexibility index (Phi) is 5.18. The average Bonchev–Trinajstić information content (AvgIpc) is 2.62. The third-order valence-electron chi connectivity index (χ3n) is 4.59. The molecule has 1 aliphatic heterocycles. The highest BCUT2D eigenvalue weighted by atomic mass is 16.5. The summed E-state index contributed by atoms with van der Waals surface area (Å²) in [6.07, 6.45) is 1.96. The number of carbonyl (C=O) groups excluding carboxylic acids is 1. The number of rotatable bonds is 4. The Morgan fingerprint density at radius 2 is 2.04 bits per heavy atom. The van der Waals surface area contributed by atoms with E-state index in [1.807, 2.05) is 32.9 Å². The molecule has 1 aromatic carbocycles. The number of piperidine rings is 1. The fraction of sp³-hybridized carbons (Fsp3) is 0.526. The van der Waals surface area contributed by atoms with Crippen LogP contribution in [0.5, 0.6) is 0 Å². The van der Waals surface area contributed by atoms with Gasteiger partial charge in [0, 0.05) is 25.1 Å². The molecule has 0 N–H and O–H groups in total. The summed E-state index contributed by atoms with van der Waals surface area (Å²) >= 11 is 0. The van der Waals surface area contributed by atoms with Gasteiger partial charge in [-0.05, 0) is 39.7 Å². The molecule has 1 fully saturated rings. The first kappa shape index (κ1) is 17.6. The van der Waals surface area contributed by atoms with E-state index in [1.54, 1.807) is 17.0 Å². The van der Waals surface area contributed by atoms with Crippen molar-refractivity contribution in [2.24, 2.45) is 0 Å². The molecule has 1 atom stereocenters. The SMILES string of the molecule is CCO[C@@H]1CCCN(C(=O)c2nn(C(C)C)c(=O)c3ccccc23)C1. The van der Waals surface area contributed by atoms with Gasteiger partial charge in [-0.25, -0.2) is 4.68 Å². The standard InChI is InChI=1S/C19H25N3O3/c1-4-25-14-8-7-11-21(12-14)19(24)17-15-9-5-6-10-16(15)18(23)22(20-17)13(2)3/h5-6,9-10,13-14H,4,7-8,11-12H2,1-3H3/t14-/m1/s1. The summed E-state index contributed by atoms with van der Waals surface area (Å²) in [4.78, 5) is 27.6. The minimum atomic E-state index is -0.159. The van der Waals surface area contributed by atoms with Gasteiger partial charge in [0.15, 0.2) is 5.69 Å². The quantitative estimate of drug-likeness (QED) is 0.856. The van der Waals surface area contributed by atoms with Crippen molar-refractivity contribution in [3.05, 3.63) is 40.3 Å². The van der Waals surface area contributed by atoms with Gasteiger partial charge in [0.25, 0.3) is 11.5 Å². The van der Waals surface area contributed by atoms with Gasteiger partial charge in [-0.15, -0.1) is 0 Å². The predicted molar refractivity (Wildman–Crippen MR) is 96.9 cm³/mol. The highest BCUT2D eigenvalue weighted by Crippen LogP contribution is 2.20. The lowest BCUT2D eigenvalue weighted by Gasteiger charge is -2.32. The van der Waals surface area contributed by atoms with Crippen molar-refractivity contribution in [1.29, 1.82) is 0 Å². The molecule has 0 saturated carbocycles. The van der Waals surface area contributed by atoms with E-state index in [1.165, 1.54) is 4.68 Å². The number of amides is 1. The summed E-state index contributed by atoms with van der Waals surface area (Å²) < 4.78 is 7.10. The molecule has 0 aliphatic carbocycles. The molecule has 1 aliphatic rings. The lowest BCUT2D eigenvalue weighted by atomic mass is 10.1. The monoisotopic (exact) mass is 343 g/mol.